The summed E-state index contributed by atoms with van der Waals surface area (Å²) in [7, 11) is -0.808. The minimum atomic E-state index is -4.41. The van der Waals surface area contributed by atoms with Gasteiger partial charge in [-0.3, -0.25) is 4.79 Å². The van der Waals surface area contributed by atoms with Crippen molar-refractivity contribution in [3.8, 4) is 0 Å². The first-order valence-electron chi connectivity index (χ1n) is 9.26. The number of rotatable bonds is 5. The van der Waals surface area contributed by atoms with Crippen molar-refractivity contribution in [1.82, 2.24) is 4.31 Å². The predicted octanol–water partition coefficient (Wildman–Crippen LogP) is 3.35. The van der Waals surface area contributed by atoms with Crippen LogP contribution in [0.3, 0.4) is 0 Å². The second kappa shape index (κ2) is 8.27. The second-order valence-electron chi connectivity index (χ2n) is 7.23. The van der Waals surface area contributed by atoms with E-state index in [1.807, 2.05) is 0 Å². The van der Waals surface area contributed by atoms with Crippen molar-refractivity contribution in [3.63, 3.8) is 0 Å². The lowest BCUT2D eigenvalue weighted by atomic mass is 9.99. The van der Waals surface area contributed by atoms with Crippen LogP contribution < -0.4 is 10.2 Å². The Morgan fingerprint density at radius 1 is 1.17 bits per heavy atom. The third-order valence-electron chi connectivity index (χ3n) is 4.85. The molecule has 2 aromatic carbocycles. The highest BCUT2D eigenvalue weighted by molar-refractivity contribution is 7.89. The maximum Gasteiger partial charge on any atom is 0.416 e. The Bertz CT molecular complexity index is 1050. The SMILES string of the molecule is CN(C)S(=O)(=O)c1cccc(NC(=O)CN2CCCc3cc(C(F)(F)F)ccc32)c1. The van der Waals surface area contributed by atoms with Gasteiger partial charge in [-0.2, -0.15) is 13.2 Å². The maximum absolute atomic E-state index is 13.0. The largest absolute Gasteiger partial charge is 0.416 e. The first-order chi connectivity index (χ1) is 14.0. The Morgan fingerprint density at radius 2 is 1.90 bits per heavy atom. The summed E-state index contributed by atoms with van der Waals surface area (Å²) >= 11 is 0. The lowest BCUT2D eigenvalue weighted by molar-refractivity contribution is -0.137. The van der Waals surface area contributed by atoms with Gasteiger partial charge in [-0.1, -0.05) is 6.07 Å². The Morgan fingerprint density at radius 3 is 2.57 bits per heavy atom. The van der Waals surface area contributed by atoms with Crippen molar-refractivity contribution < 1.29 is 26.4 Å². The van der Waals surface area contributed by atoms with E-state index >= 15 is 0 Å². The number of carbonyl (C=O) groups excluding carboxylic acids is 1. The van der Waals surface area contributed by atoms with Gasteiger partial charge in [0.25, 0.3) is 0 Å². The fourth-order valence-electron chi connectivity index (χ4n) is 3.33. The number of alkyl halides is 3. The fourth-order valence-corrected chi connectivity index (χ4v) is 4.28. The molecule has 0 unspecified atom stereocenters. The van der Waals surface area contributed by atoms with Gasteiger partial charge in [0.05, 0.1) is 17.0 Å². The van der Waals surface area contributed by atoms with Crippen molar-refractivity contribution in [2.24, 2.45) is 0 Å². The van der Waals surface area contributed by atoms with E-state index in [4.69, 9.17) is 0 Å². The van der Waals surface area contributed by atoms with E-state index in [-0.39, 0.29) is 17.3 Å². The minimum absolute atomic E-state index is 0.0494. The highest BCUT2D eigenvalue weighted by Gasteiger charge is 2.32. The van der Waals surface area contributed by atoms with Gasteiger partial charge in [0.15, 0.2) is 0 Å². The smallest absolute Gasteiger partial charge is 0.362 e. The zero-order valence-corrected chi connectivity index (χ0v) is 17.3. The molecule has 0 aliphatic carbocycles. The first-order valence-corrected chi connectivity index (χ1v) is 10.7. The van der Waals surface area contributed by atoms with Gasteiger partial charge in [0.1, 0.15) is 0 Å². The van der Waals surface area contributed by atoms with Crippen molar-refractivity contribution in [2.75, 3.05) is 37.4 Å². The summed E-state index contributed by atoms with van der Waals surface area (Å²) in [6.45, 7) is 0.490. The molecule has 0 saturated heterocycles. The van der Waals surface area contributed by atoms with Crippen LogP contribution in [0.4, 0.5) is 24.5 Å². The molecule has 1 aliphatic rings. The molecule has 0 bridgehead atoms. The molecule has 0 atom stereocenters. The normalized spacial score (nSPS) is 14.5. The van der Waals surface area contributed by atoms with Gasteiger partial charge < -0.3 is 10.2 Å². The zero-order chi connectivity index (χ0) is 22.1. The highest BCUT2D eigenvalue weighted by Crippen LogP contribution is 2.35. The van der Waals surface area contributed by atoms with Crippen molar-refractivity contribution in [1.29, 1.82) is 0 Å². The summed E-state index contributed by atoms with van der Waals surface area (Å²) in [4.78, 5) is 14.3. The molecular formula is C20H22F3N3O3S. The summed E-state index contributed by atoms with van der Waals surface area (Å²) in [6.07, 6.45) is -3.26. The minimum Gasteiger partial charge on any atom is -0.362 e. The van der Waals surface area contributed by atoms with Gasteiger partial charge in [-0.05, 0) is 54.8 Å². The molecule has 1 N–H and O–H groups in total. The third kappa shape index (κ3) is 4.76. The zero-order valence-electron chi connectivity index (χ0n) is 16.5. The molecule has 30 heavy (non-hydrogen) atoms. The molecule has 0 radical (unpaired) electrons. The van der Waals surface area contributed by atoms with E-state index in [0.717, 1.165) is 16.4 Å². The van der Waals surface area contributed by atoms with Crippen LogP contribution in [0.15, 0.2) is 47.4 Å². The predicted molar refractivity (Wildman–Crippen MR) is 108 cm³/mol. The Balaban J connectivity index is 1.74. The Hall–Kier alpha value is -2.59. The molecular weight excluding hydrogens is 419 g/mol. The summed E-state index contributed by atoms with van der Waals surface area (Å²) < 4.78 is 64.4. The maximum atomic E-state index is 13.0. The van der Waals surface area contributed by atoms with Crippen LogP contribution in [0.5, 0.6) is 0 Å². The number of hydrogen-bond donors (Lipinski definition) is 1. The van der Waals surface area contributed by atoms with E-state index in [2.05, 4.69) is 5.32 Å². The van der Waals surface area contributed by atoms with Crippen LogP contribution in [0, 0.1) is 0 Å². The summed E-state index contributed by atoms with van der Waals surface area (Å²) in [6, 6.07) is 9.46. The molecule has 162 valence electrons. The molecule has 1 heterocycles. The van der Waals surface area contributed by atoms with Gasteiger partial charge in [-0.25, -0.2) is 12.7 Å². The van der Waals surface area contributed by atoms with Crippen LogP contribution in [0.1, 0.15) is 17.5 Å². The lowest BCUT2D eigenvalue weighted by Crippen LogP contribution is -2.37. The lowest BCUT2D eigenvalue weighted by Gasteiger charge is -2.31. The van der Waals surface area contributed by atoms with E-state index in [1.54, 1.807) is 11.0 Å². The molecule has 0 saturated carbocycles. The topological polar surface area (TPSA) is 69.7 Å². The molecule has 10 heteroatoms. The molecule has 6 nitrogen and oxygen atoms in total. The number of aryl methyl sites for hydroxylation is 1. The number of carbonyl (C=O) groups is 1. The molecule has 2 aromatic rings. The number of fused-ring (bicyclic) bond motifs is 1. The molecule has 1 amide bonds. The number of amides is 1. The van der Waals surface area contributed by atoms with Crippen LogP contribution in [0.2, 0.25) is 0 Å². The van der Waals surface area contributed by atoms with Crippen molar-refractivity contribution in [3.05, 3.63) is 53.6 Å². The van der Waals surface area contributed by atoms with Gasteiger partial charge in [0.2, 0.25) is 15.9 Å². The summed E-state index contributed by atoms with van der Waals surface area (Å²) in [5.74, 6) is -0.387. The average Bonchev–Trinajstić information content (AvgIpc) is 2.67. The second-order valence-corrected chi connectivity index (χ2v) is 9.38. The van der Waals surface area contributed by atoms with E-state index in [1.165, 1.54) is 38.4 Å². The average molecular weight is 441 g/mol. The summed E-state index contributed by atoms with van der Waals surface area (Å²) in [5, 5.41) is 2.66. The van der Waals surface area contributed by atoms with Gasteiger partial charge in [0, 0.05) is 32.0 Å². The van der Waals surface area contributed by atoms with Crippen LogP contribution in [-0.2, 0) is 27.4 Å². The van der Waals surface area contributed by atoms with E-state index < -0.39 is 21.8 Å². The number of benzene rings is 2. The van der Waals surface area contributed by atoms with E-state index in [9.17, 15) is 26.4 Å². The number of anilines is 2. The first kappa shape index (κ1) is 22.1. The van der Waals surface area contributed by atoms with Crippen LogP contribution in [-0.4, -0.2) is 45.8 Å². The monoisotopic (exact) mass is 441 g/mol. The van der Waals surface area contributed by atoms with Gasteiger partial charge in [-0.15, -0.1) is 0 Å². The number of hydrogen-bond acceptors (Lipinski definition) is 4. The summed E-state index contributed by atoms with van der Waals surface area (Å²) in [5.41, 5.74) is 0.787. The Labute approximate surface area is 173 Å². The number of halogens is 3. The molecule has 3 rings (SSSR count). The van der Waals surface area contributed by atoms with E-state index in [0.29, 0.717) is 36.3 Å². The van der Waals surface area contributed by atoms with Gasteiger partial charge >= 0.3 is 6.18 Å². The molecule has 1 aliphatic heterocycles. The van der Waals surface area contributed by atoms with Crippen molar-refractivity contribution in [2.45, 2.75) is 23.9 Å². The fraction of sp³-hybridized carbons (Fsp3) is 0.350. The Kier molecular flexibility index (Phi) is 6.09. The van der Waals surface area contributed by atoms with Crippen LogP contribution in [0.25, 0.3) is 0 Å². The molecule has 0 aromatic heterocycles. The molecule has 0 spiro atoms. The quantitative estimate of drug-likeness (QED) is 0.773. The highest BCUT2D eigenvalue weighted by atomic mass is 32.2. The molecule has 0 fully saturated rings. The number of nitrogens with zero attached hydrogens (tertiary/aromatic N) is 2. The standard InChI is InChI=1S/C20H22F3N3O3S/c1-25(2)30(28,29)17-7-3-6-16(12-17)24-19(27)13-26-10-4-5-14-11-15(20(21,22)23)8-9-18(14)26/h3,6-9,11-12H,4-5,10,13H2,1-2H3,(H,24,27). The van der Waals surface area contributed by atoms with Crippen molar-refractivity contribution >= 4 is 27.3 Å². The third-order valence-corrected chi connectivity index (χ3v) is 6.66. The number of nitrogens with one attached hydrogen (secondary N) is 1. The number of sulfonamides is 1. The van der Waals surface area contributed by atoms with Crippen LogP contribution >= 0.6 is 0 Å².